The molecule has 0 unspecified atom stereocenters. The normalized spacial score (nSPS) is 12.1. The summed E-state index contributed by atoms with van der Waals surface area (Å²) in [6.07, 6.45) is 0.986. The molecule has 0 fully saturated rings. The lowest BCUT2D eigenvalue weighted by Crippen LogP contribution is -2.14. The maximum Gasteiger partial charge on any atom is 0.335 e. The van der Waals surface area contributed by atoms with Crippen LogP contribution < -0.4 is 11.1 Å². The number of hydrogen-bond donors (Lipinski definition) is 3. The van der Waals surface area contributed by atoms with Gasteiger partial charge in [0, 0.05) is 6.04 Å². The lowest BCUT2D eigenvalue weighted by Gasteiger charge is -2.15. The molecule has 0 aliphatic carbocycles. The minimum Gasteiger partial charge on any atom is -0.478 e. The van der Waals surface area contributed by atoms with E-state index in [1.807, 2.05) is 6.92 Å². The number of nitrogens with two attached hydrogens (primary N) is 1. The van der Waals surface area contributed by atoms with Crippen molar-refractivity contribution < 1.29 is 9.90 Å². The van der Waals surface area contributed by atoms with E-state index in [1.165, 1.54) is 6.07 Å². The summed E-state index contributed by atoms with van der Waals surface area (Å²) in [5.41, 5.74) is 7.20. The van der Waals surface area contributed by atoms with Crippen LogP contribution in [0.4, 0.5) is 11.4 Å². The summed E-state index contributed by atoms with van der Waals surface area (Å²) in [5.74, 6) is -0.961. The van der Waals surface area contributed by atoms with Gasteiger partial charge in [-0.3, -0.25) is 0 Å². The molecule has 0 heterocycles. The smallest absolute Gasteiger partial charge is 0.335 e. The number of nitrogens with one attached hydrogen (secondary N) is 1. The van der Waals surface area contributed by atoms with Gasteiger partial charge in [0.15, 0.2) is 0 Å². The number of benzene rings is 1. The average molecular weight is 208 g/mol. The first-order chi connectivity index (χ1) is 7.04. The molecule has 1 rings (SSSR count). The molecule has 0 saturated carbocycles. The number of hydrogen-bond acceptors (Lipinski definition) is 3. The molecule has 15 heavy (non-hydrogen) atoms. The Balaban J connectivity index is 2.88. The van der Waals surface area contributed by atoms with Crippen molar-refractivity contribution in [2.45, 2.75) is 26.3 Å². The Morgan fingerprint density at radius 3 is 2.73 bits per heavy atom. The minimum absolute atomic E-state index is 0.210. The predicted molar refractivity (Wildman–Crippen MR) is 61.2 cm³/mol. The van der Waals surface area contributed by atoms with Crippen LogP contribution in [0.15, 0.2) is 18.2 Å². The molecule has 82 valence electrons. The Hall–Kier alpha value is -1.71. The zero-order valence-electron chi connectivity index (χ0n) is 8.95. The summed E-state index contributed by atoms with van der Waals surface area (Å²) in [5, 5.41) is 12.0. The van der Waals surface area contributed by atoms with Crippen molar-refractivity contribution in [3.05, 3.63) is 23.8 Å². The average Bonchev–Trinajstić information content (AvgIpc) is 2.20. The van der Waals surface area contributed by atoms with E-state index in [0.29, 0.717) is 11.7 Å². The second-order valence-corrected chi connectivity index (χ2v) is 3.56. The van der Waals surface area contributed by atoms with E-state index in [4.69, 9.17) is 10.8 Å². The second-order valence-electron chi connectivity index (χ2n) is 3.56. The standard InChI is InChI=1S/C11H16N2O2/c1-3-7(2)13-10-5-4-8(11(14)15)6-9(10)12/h4-7,13H,3,12H2,1-2H3,(H,14,15)/t7-/m1/s1. The van der Waals surface area contributed by atoms with E-state index in [2.05, 4.69) is 12.2 Å². The van der Waals surface area contributed by atoms with Gasteiger partial charge in [-0.1, -0.05) is 6.92 Å². The zero-order chi connectivity index (χ0) is 11.4. The molecule has 0 aromatic heterocycles. The van der Waals surface area contributed by atoms with Crippen molar-refractivity contribution in [2.75, 3.05) is 11.1 Å². The molecule has 4 heteroatoms. The van der Waals surface area contributed by atoms with Gasteiger partial charge in [0.2, 0.25) is 0 Å². The highest BCUT2D eigenvalue weighted by Crippen LogP contribution is 2.21. The molecule has 0 spiro atoms. The van der Waals surface area contributed by atoms with E-state index in [9.17, 15) is 4.79 Å². The number of rotatable bonds is 4. The first-order valence-electron chi connectivity index (χ1n) is 4.94. The van der Waals surface area contributed by atoms with Crippen molar-refractivity contribution in [2.24, 2.45) is 0 Å². The van der Waals surface area contributed by atoms with E-state index >= 15 is 0 Å². The molecule has 0 bridgehead atoms. The Morgan fingerprint density at radius 1 is 1.60 bits per heavy atom. The predicted octanol–water partition coefficient (Wildman–Crippen LogP) is 2.18. The number of carboxylic acids is 1. The van der Waals surface area contributed by atoms with Gasteiger partial charge in [-0.05, 0) is 31.5 Å². The fraction of sp³-hybridized carbons (Fsp3) is 0.364. The van der Waals surface area contributed by atoms with Gasteiger partial charge in [-0.15, -0.1) is 0 Å². The lowest BCUT2D eigenvalue weighted by molar-refractivity contribution is 0.0697. The number of carboxylic acid groups (broad SMARTS) is 1. The highest BCUT2D eigenvalue weighted by Gasteiger charge is 2.07. The quantitative estimate of drug-likeness (QED) is 0.663. The maximum absolute atomic E-state index is 10.7. The van der Waals surface area contributed by atoms with Crippen molar-refractivity contribution in [1.29, 1.82) is 0 Å². The lowest BCUT2D eigenvalue weighted by atomic mass is 10.1. The summed E-state index contributed by atoms with van der Waals surface area (Å²) < 4.78 is 0. The van der Waals surface area contributed by atoms with Crippen LogP contribution in [-0.4, -0.2) is 17.1 Å². The van der Waals surface area contributed by atoms with Crippen molar-refractivity contribution in [1.82, 2.24) is 0 Å². The van der Waals surface area contributed by atoms with Crippen LogP contribution >= 0.6 is 0 Å². The van der Waals surface area contributed by atoms with Crippen molar-refractivity contribution >= 4 is 17.3 Å². The van der Waals surface area contributed by atoms with Crippen molar-refractivity contribution in [3.63, 3.8) is 0 Å². The summed E-state index contributed by atoms with van der Waals surface area (Å²) in [4.78, 5) is 10.7. The molecule has 0 amide bonds. The summed E-state index contributed by atoms with van der Waals surface area (Å²) in [6, 6.07) is 5.03. The zero-order valence-corrected chi connectivity index (χ0v) is 8.95. The molecular formula is C11H16N2O2. The van der Waals surface area contributed by atoms with Gasteiger partial charge in [-0.25, -0.2) is 4.79 Å². The number of nitrogen functional groups attached to an aromatic ring is 1. The van der Waals surface area contributed by atoms with Crippen molar-refractivity contribution in [3.8, 4) is 0 Å². The largest absolute Gasteiger partial charge is 0.478 e. The van der Waals surface area contributed by atoms with Gasteiger partial charge < -0.3 is 16.2 Å². The van der Waals surface area contributed by atoms with Gasteiger partial charge in [0.1, 0.15) is 0 Å². The molecule has 0 aliphatic heterocycles. The number of carbonyl (C=O) groups is 1. The van der Waals surface area contributed by atoms with E-state index in [1.54, 1.807) is 12.1 Å². The third kappa shape index (κ3) is 2.87. The molecule has 0 saturated heterocycles. The Labute approximate surface area is 89.1 Å². The highest BCUT2D eigenvalue weighted by molar-refractivity contribution is 5.90. The van der Waals surface area contributed by atoms with Crippen LogP contribution in [0.5, 0.6) is 0 Å². The topological polar surface area (TPSA) is 75.3 Å². The number of aromatic carboxylic acids is 1. The summed E-state index contributed by atoms with van der Waals surface area (Å²) in [6.45, 7) is 4.12. The maximum atomic E-state index is 10.7. The molecule has 1 aromatic carbocycles. The van der Waals surface area contributed by atoms with E-state index in [-0.39, 0.29) is 5.56 Å². The van der Waals surface area contributed by atoms with Crippen LogP contribution in [0, 0.1) is 0 Å². The minimum atomic E-state index is -0.961. The molecule has 4 N–H and O–H groups in total. The monoisotopic (exact) mass is 208 g/mol. The fourth-order valence-corrected chi connectivity index (χ4v) is 1.19. The molecule has 1 aromatic rings. The summed E-state index contributed by atoms with van der Waals surface area (Å²) in [7, 11) is 0. The van der Waals surface area contributed by atoms with Crippen LogP contribution in [0.2, 0.25) is 0 Å². The van der Waals surface area contributed by atoms with Gasteiger partial charge in [-0.2, -0.15) is 0 Å². The van der Waals surface area contributed by atoms with Crippen LogP contribution in [-0.2, 0) is 0 Å². The first kappa shape index (κ1) is 11.4. The van der Waals surface area contributed by atoms with Gasteiger partial charge in [0.25, 0.3) is 0 Å². The molecule has 0 radical (unpaired) electrons. The summed E-state index contributed by atoms with van der Waals surface area (Å²) >= 11 is 0. The Bertz CT molecular complexity index is 364. The third-order valence-corrected chi connectivity index (χ3v) is 2.31. The molecule has 1 atom stereocenters. The Morgan fingerprint density at radius 2 is 2.27 bits per heavy atom. The van der Waals surface area contributed by atoms with Gasteiger partial charge >= 0.3 is 5.97 Å². The molecule has 0 aliphatic rings. The molecule has 4 nitrogen and oxygen atoms in total. The Kier molecular flexibility index (Phi) is 3.55. The first-order valence-corrected chi connectivity index (χ1v) is 4.94. The van der Waals surface area contributed by atoms with E-state index < -0.39 is 5.97 Å². The van der Waals surface area contributed by atoms with Crippen LogP contribution in [0.1, 0.15) is 30.6 Å². The van der Waals surface area contributed by atoms with Crippen LogP contribution in [0.25, 0.3) is 0 Å². The fourth-order valence-electron chi connectivity index (χ4n) is 1.19. The number of anilines is 2. The molecular weight excluding hydrogens is 192 g/mol. The van der Waals surface area contributed by atoms with Gasteiger partial charge in [0.05, 0.1) is 16.9 Å². The SMILES string of the molecule is CC[C@@H](C)Nc1ccc(C(=O)O)cc1N. The van der Waals surface area contributed by atoms with Crippen LogP contribution in [0.3, 0.4) is 0 Å². The van der Waals surface area contributed by atoms with E-state index in [0.717, 1.165) is 12.1 Å². The second kappa shape index (κ2) is 4.68. The third-order valence-electron chi connectivity index (χ3n) is 2.31. The highest BCUT2D eigenvalue weighted by atomic mass is 16.4.